The summed E-state index contributed by atoms with van der Waals surface area (Å²) < 4.78 is 0. The van der Waals surface area contributed by atoms with Crippen molar-refractivity contribution in [3.63, 3.8) is 0 Å². The lowest BCUT2D eigenvalue weighted by Gasteiger charge is -2.67. The zero-order chi connectivity index (χ0) is 25.5. The van der Waals surface area contributed by atoms with Crippen molar-refractivity contribution in [2.45, 2.75) is 131 Å². The van der Waals surface area contributed by atoms with Crippen molar-refractivity contribution >= 4 is 0 Å². The molecule has 0 amide bonds. The van der Waals surface area contributed by atoms with Crippen LogP contribution in [-0.2, 0) is 0 Å². The van der Waals surface area contributed by atoms with Crippen LogP contribution in [0.3, 0.4) is 0 Å². The van der Waals surface area contributed by atoms with Gasteiger partial charge in [0.25, 0.3) is 0 Å². The van der Waals surface area contributed by atoms with Crippen LogP contribution in [-0.4, -0.2) is 44.3 Å². The van der Waals surface area contributed by atoms with E-state index in [1.54, 1.807) is 13.8 Å². The number of hydrogen-bond donors (Lipinski definition) is 4. The van der Waals surface area contributed by atoms with E-state index in [1.165, 1.54) is 18.4 Å². The van der Waals surface area contributed by atoms with Crippen molar-refractivity contribution in [1.82, 2.24) is 0 Å². The van der Waals surface area contributed by atoms with Gasteiger partial charge >= 0.3 is 0 Å². The predicted octanol–water partition coefficient (Wildman–Crippen LogP) is 5.47. The highest BCUT2D eigenvalue weighted by molar-refractivity contribution is 5.31. The van der Waals surface area contributed by atoms with Gasteiger partial charge in [0.2, 0.25) is 0 Å². The maximum Gasteiger partial charge on any atom is 0.0849 e. The summed E-state index contributed by atoms with van der Waals surface area (Å²) in [5.74, 6) is 1.74. The normalized spacial score (nSPS) is 47.8. The first-order valence-corrected chi connectivity index (χ1v) is 14.0. The van der Waals surface area contributed by atoms with Gasteiger partial charge in [0.05, 0.1) is 23.9 Å². The molecule has 4 N–H and O–H groups in total. The fraction of sp³-hybridized carbons (Fsp3) is 0.933. The van der Waals surface area contributed by atoms with Crippen LogP contribution in [0.15, 0.2) is 11.6 Å². The maximum atomic E-state index is 11.9. The lowest BCUT2D eigenvalue weighted by molar-refractivity contribution is -0.204. The zero-order valence-electron chi connectivity index (χ0n) is 23.1. The molecule has 0 bridgehead atoms. The summed E-state index contributed by atoms with van der Waals surface area (Å²) in [7, 11) is 0. The second-order valence-electron chi connectivity index (χ2n) is 14.6. The fourth-order valence-corrected chi connectivity index (χ4v) is 9.64. The topological polar surface area (TPSA) is 80.9 Å². The monoisotopic (exact) mass is 476 g/mol. The van der Waals surface area contributed by atoms with Crippen LogP contribution in [0.1, 0.15) is 107 Å². The number of fused-ring (bicyclic) bond motifs is 5. The number of aliphatic hydroxyl groups is 4. The number of rotatable bonds is 5. The largest absolute Gasteiger partial charge is 0.393 e. The lowest BCUT2D eigenvalue weighted by Crippen LogP contribution is -2.64. The zero-order valence-corrected chi connectivity index (χ0v) is 23.1. The molecule has 0 unspecified atom stereocenters. The Morgan fingerprint density at radius 1 is 0.971 bits per heavy atom. The van der Waals surface area contributed by atoms with E-state index in [0.29, 0.717) is 30.1 Å². The molecule has 0 radical (unpaired) electrons. The Labute approximate surface area is 208 Å². The second-order valence-corrected chi connectivity index (χ2v) is 14.6. The fourth-order valence-electron chi connectivity index (χ4n) is 9.64. The van der Waals surface area contributed by atoms with Crippen LogP contribution < -0.4 is 0 Å². The maximum absolute atomic E-state index is 11.9. The molecule has 3 saturated carbocycles. The van der Waals surface area contributed by atoms with Crippen LogP contribution >= 0.6 is 0 Å². The van der Waals surface area contributed by atoms with Gasteiger partial charge in [-0.3, -0.25) is 0 Å². The average molecular weight is 477 g/mol. The highest BCUT2D eigenvalue weighted by atomic mass is 16.3. The Hall–Kier alpha value is -0.420. The van der Waals surface area contributed by atoms with Gasteiger partial charge in [-0.15, -0.1) is 0 Å². The molecule has 4 rings (SSSR count). The first kappa shape index (κ1) is 26.6. The van der Waals surface area contributed by atoms with Gasteiger partial charge in [-0.1, -0.05) is 53.2 Å². The summed E-state index contributed by atoms with van der Waals surface area (Å²) in [6.07, 6.45) is 8.64. The highest BCUT2D eigenvalue weighted by Gasteiger charge is 2.70. The van der Waals surface area contributed by atoms with Crippen LogP contribution in [0.4, 0.5) is 0 Å². The summed E-state index contributed by atoms with van der Waals surface area (Å²) >= 11 is 0. The third-order valence-corrected chi connectivity index (χ3v) is 12.4. The second kappa shape index (κ2) is 8.30. The molecule has 0 aromatic heterocycles. The quantitative estimate of drug-likeness (QED) is 0.397. The summed E-state index contributed by atoms with van der Waals surface area (Å²) in [4.78, 5) is 0. The van der Waals surface area contributed by atoms with Crippen molar-refractivity contribution in [2.75, 3.05) is 0 Å². The number of hydrogen-bond acceptors (Lipinski definition) is 4. The Kier molecular flexibility index (Phi) is 6.50. The van der Waals surface area contributed by atoms with Crippen LogP contribution in [0, 0.1) is 45.3 Å². The summed E-state index contributed by atoms with van der Waals surface area (Å²) in [5.41, 5.74) is 0.184. The highest BCUT2D eigenvalue weighted by Crippen LogP contribution is 2.74. The molecule has 4 aliphatic carbocycles. The first-order chi connectivity index (χ1) is 15.5. The molecule has 0 spiro atoms. The Morgan fingerprint density at radius 3 is 2.24 bits per heavy atom. The molecule has 4 nitrogen and oxygen atoms in total. The van der Waals surface area contributed by atoms with Crippen LogP contribution in [0.5, 0.6) is 0 Å². The smallest absolute Gasteiger partial charge is 0.0849 e. The molecule has 4 heteroatoms. The molecular formula is C30H52O4. The van der Waals surface area contributed by atoms with E-state index in [2.05, 4.69) is 47.6 Å². The van der Waals surface area contributed by atoms with E-state index in [4.69, 9.17) is 0 Å². The number of allylic oxidation sites excluding steroid dienone is 1. The van der Waals surface area contributed by atoms with Gasteiger partial charge in [0, 0.05) is 10.8 Å². The van der Waals surface area contributed by atoms with E-state index in [1.807, 2.05) is 0 Å². The molecule has 0 aromatic rings. The minimum absolute atomic E-state index is 0.0603. The van der Waals surface area contributed by atoms with Gasteiger partial charge in [0.1, 0.15) is 0 Å². The SMILES string of the molecule is C[C@H](CC[C@@H](O)C(C)(C)O)[C@@H]1CC[C@@]2(C)[C@H]3CC=C4[C@@H](CC[C@H](O)C4(C)C)[C@@]3(C)[C@H](O)C[C@@]12C. The molecule has 0 aromatic carbocycles. The molecule has 0 heterocycles. The van der Waals surface area contributed by atoms with E-state index in [0.717, 1.165) is 32.1 Å². The summed E-state index contributed by atoms with van der Waals surface area (Å²) in [6, 6.07) is 0. The minimum Gasteiger partial charge on any atom is -0.393 e. The predicted molar refractivity (Wildman–Crippen MR) is 137 cm³/mol. The first-order valence-electron chi connectivity index (χ1n) is 14.0. The van der Waals surface area contributed by atoms with Crippen LogP contribution in [0.2, 0.25) is 0 Å². The number of aliphatic hydroxyl groups excluding tert-OH is 3. The third-order valence-electron chi connectivity index (χ3n) is 12.4. The van der Waals surface area contributed by atoms with Gasteiger partial charge in [-0.2, -0.15) is 0 Å². The Morgan fingerprint density at radius 2 is 1.62 bits per heavy atom. The molecule has 0 aliphatic heterocycles. The van der Waals surface area contributed by atoms with Gasteiger partial charge < -0.3 is 20.4 Å². The summed E-state index contributed by atoms with van der Waals surface area (Å²) in [5, 5.41) is 43.3. The molecular weight excluding hydrogens is 424 g/mol. The van der Waals surface area contributed by atoms with E-state index in [9.17, 15) is 20.4 Å². The molecule has 196 valence electrons. The van der Waals surface area contributed by atoms with Crippen LogP contribution in [0.25, 0.3) is 0 Å². The Balaban J connectivity index is 1.63. The van der Waals surface area contributed by atoms with Crippen molar-refractivity contribution in [3.8, 4) is 0 Å². The van der Waals surface area contributed by atoms with E-state index in [-0.39, 0.29) is 33.9 Å². The summed E-state index contributed by atoms with van der Waals surface area (Å²) in [6.45, 7) is 17.4. The standard InChI is InChI=1S/C30H52O4/c1-18(9-13-24(32)27(4,5)34)19-15-16-28(6)22-12-10-20-21(11-14-23(31)26(20,2)3)30(22,8)25(33)17-29(19,28)7/h10,18-19,21-25,31-34H,9,11-17H2,1-8H3/t18-,19+,21-,22-,23+,24-,25-,28+,29+,30-/m1/s1. The van der Waals surface area contributed by atoms with Crippen molar-refractivity contribution in [3.05, 3.63) is 11.6 Å². The minimum atomic E-state index is -1.07. The van der Waals surface area contributed by atoms with Gasteiger partial charge in [0.15, 0.2) is 0 Å². The molecule has 4 aliphatic rings. The third kappa shape index (κ3) is 3.60. The lowest BCUT2D eigenvalue weighted by atomic mass is 9.38. The van der Waals surface area contributed by atoms with Crippen molar-refractivity contribution in [1.29, 1.82) is 0 Å². The van der Waals surface area contributed by atoms with E-state index < -0.39 is 11.7 Å². The molecule has 0 saturated heterocycles. The molecule has 34 heavy (non-hydrogen) atoms. The van der Waals surface area contributed by atoms with Crippen molar-refractivity contribution < 1.29 is 20.4 Å². The molecule has 3 fully saturated rings. The molecule has 10 atom stereocenters. The average Bonchev–Trinajstić information content (AvgIpc) is 2.99. The van der Waals surface area contributed by atoms with Gasteiger partial charge in [-0.05, 0) is 99.7 Å². The van der Waals surface area contributed by atoms with E-state index >= 15 is 0 Å². The Bertz CT molecular complexity index is 811. The van der Waals surface area contributed by atoms with Gasteiger partial charge in [-0.25, -0.2) is 0 Å². The van der Waals surface area contributed by atoms with Crippen molar-refractivity contribution in [2.24, 2.45) is 45.3 Å².